The fraction of sp³-hybridized carbons (Fsp3) is 0.517. The lowest BCUT2D eigenvalue weighted by Gasteiger charge is -2.51. The van der Waals surface area contributed by atoms with E-state index >= 15 is 0 Å². The van der Waals surface area contributed by atoms with Gasteiger partial charge in [0.1, 0.15) is 0 Å². The summed E-state index contributed by atoms with van der Waals surface area (Å²) in [6, 6.07) is 19.7. The second-order valence-electron chi connectivity index (χ2n) is 9.01. The molecule has 1 fully saturated rings. The Bertz CT molecular complexity index is 787. The number of aryl methyl sites for hydroxylation is 1. The van der Waals surface area contributed by atoms with Crippen molar-refractivity contribution in [1.82, 2.24) is 10.2 Å². The van der Waals surface area contributed by atoms with E-state index in [2.05, 4.69) is 93.5 Å². The van der Waals surface area contributed by atoms with Crippen LogP contribution in [0.1, 0.15) is 64.5 Å². The molecule has 3 atom stereocenters. The molecule has 3 heteroatoms. The van der Waals surface area contributed by atoms with E-state index in [0.717, 1.165) is 24.5 Å². The van der Waals surface area contributed by atoms with Crippen LogP contribution in [-0.4, -0.2) is 31.1 Å². The summed E-state index contributed by atoms with van der Waals surface area (Å²) in [6.07, 6.45) is 10.4. The number of nitrogens with one attached hydrogen (secondary N) is 1. The fourth-order valence-electron chi connectivity index (χ4n) is 5.07. The van der Waals surface area contributed by atoms with Crippen LogP contribution in [0.2, 0.25) is 5.02 Å². The molecule has 0 spiro atoms. The average Bonchev–Trinajstić information content (AvgIpc) is 2.83. The number of halogens is 1. The molecule has 0 heterocycles. The van der Waals surface area contributed by atoms with Gasteiger partial charge in [0, 0.05) is 23.1 Å². The first-order valence-electron chi connectivity index (χ1n) is 12.3. The first-order valence-corrected chi connectivity index (χ1v) is 12.7. The van der Waals surface area contributed by atoms with E-state index in [9.17, 15) is 0 Å². The van der Waals surface area contributed by atoms with Crippen molar-refractivity contribution in [2.45, 2.75) is 71.4 Å². The van der Waals surface area contributed by atoms with Crippen molar-refractivity contribution in [2.75, 3.05) is 20.1 Å². The van der Waals surface area contributed by atoms with Crippen molar-refractivity contribution < 1.29 is 0 Å². The Morgan fingerprint density at radius 3 is 2.28 bits per heavy atom. The van der Waals surface area contributed by atoms with Crippen molar-refractivity contribution >= 4 is 11.6 Å². The van der Waals surface area contributed by atoms with Gasteiger partial charge >= 0.3 is 0 Å². The van der Waals surface area contributed by atoms with E-state index in [0.29, 0.717) is 12.0 Å². The Balaban J connectivity index is 0.000000380. The summed E-state index contributed by atoms with van der Waals surface area (Å²) < 4.78 is 0. The van der Waals surface area contributed by atoms with Gasteiger partial charge in [0.05, 0.1) is 0 Å². The summed E-state index contributed by atoms with van der Waals surface area (Å²) in [6.45, 7) is 11.1. The fourth-order valence-corrected chi connectivity index (χ4v) is 5.20. The van der Waals surface area contributed by atoms with Gasteiger partial charge < -0.3 is 5.32 Å². The third-order valence-electron chi connectivity index (χ3n) is 6.88. The number of nitrogens with zero attached hydrogens (tertiary/aromatic N) is 1. The molecule has 176 valence electrons. The summed E-state index contributed by atoms with van der Waals surface area (Å²) in [5.41, 5.74) is 2.95. The van der Waals surface area contributed by atoms with E-state index < -0.39 is 0 Å². The lowest BCUT2D eigenvalue weighted by molar-refractivity contribution is 0.0261. The van der Waals surface area contributed by atoms with Gasteiger partial charge in [-0.25, -0.2) is 0 Å². The van der Waals surface area contributed by atoms with E-state index in [4.69, 9.17) is 11.6 Å². The van der Waals surface area contributed by atoms with Crippen molar-refractivity contribution in [3.63, 3.8) is 0 Å². The zero-order valence-corrected chi connectivity index (χ0v) is 21.5. The van der Waals surface area contributed by atoms with Gasteiger partial charge in [0.2, 0.25) is 0 Å². The molecular weight excluding hydrogens is 412 g/mol. The molecule has 2 aromatic rings. The molecule has 1 N–H and O–H groups in total. The largest absolute Gasteiger partial charge is 0.317 e. The molecule has 0 aliphatic heterocycles. The summed E-state index contributed by atoms with van der Waals surface area (Å²) in [7, 11) is 2.10. The lowest BCUT2D eigenvalue weighted by Crippen LogP contribution is -2.53. The van der Waals surface area contributed by atoms with E-state index in [1.807, 2.05) is 18.2 Å². The Morgan fingerprint density at radius 1 is 1.09 bits per heavy atom. The maximum atomic E-state index is 6.16. The molecule has 0 bridgehead atoms. The maximum absolute atomic E-state index is 6.16. The highest BCUT2D eigenvalue weighted by atomic mass is 35.5. The maximum Gasteiger partial charge on any atom is 0.0467 e. The van der Waals surface area contributed by atoms with Gasteiger partial charge in [0.15, 0.2) is 0 Å². The van der Waals surface area contributed by atoms with Crippen LogP contribution in [0.4, 0.5) is 0 Å². The van der Waals surface area contributed by atoms with E-state index in [1.165, 1.54) is 36.8 Å². The second-order valence-corrected chi connectivity index (χ2v) is 9.44. The normalized spacial score (nSPS) is 23.2. The number of benzene rings is 2. The van der Waals surface area contributed by atoms with Crippen LogP contribution < -0.4 is 5.32 Å². The van der Waals surface area contributed by atoms with Gasteiger partial charge in [0.25, 0.3) is 0 Å². The van der Waals surface area contributed by atoms with Crippen molar-refractivity contribution in [2.24, 2.45) is 5.92 Å². The molecule has 0 saturated heterocycles. The zero-order chi connectivity index (χ0) is 23.4. The first kappa shape index (κ1) is 26.6. The predicted molar refractivity (Wildman–Crippen MR) is 141 cm³/mol. The van der Waals surface area contributed by atoms with Gasteiger partial charge in [-0.1, -0.05) is 87.0 Å². The average molecular weight is 455 g/mol. The summed E-state index contributed by atoms with van der Waals surface area (Å²) in [5.74, 6) is 0.657. The van der Waals surface area contributed by atoms with Crippen LogP contribution in [0.25, 0.3) is 0 Å². The minimum atomic E-state index is 0.118. The standard InChI is InChI=1S/C21H33ClN2.C8H10/c1-5-7-15-24(14-6-2)21(18-8-10-19(22)11-9-18)13-12-20(23-4)17(3)16-21;1-2-8-6-4-3-5-7-8/h5,7-11,17,20,23H,6,12-16H2,1-4H3;3-7H,2H2,1H3. The Morgan fingerprint density at radius 2 is 1.78 bits per heavy atom. The zero-order valence-electron chi connectivity index (χ0n) is 20.8. The molecule has 32 heavy (non-hydrogen) atoms. The summed E-state index contributed by atoms with van der Waals surface area (Å²) in [5, 5.41) is 4.33. The predicted octanol–water partition coefficient (Wildman–Crippen LogP) is 7.48. The molecular formula is C29H43ClN2. The van der Waals surface area contributed by atoms with Gasteiger partial charge in [-0.15, -0.1) is 0 Å². The monoisotopic (exact) mass is 454 g/mol. The Kier molecular flexibility index (Phi) is 11.5. The topological polar surface area (TPSA) is 15.3 Å². The minimum Gasteiger partial charge on any atom is -0.317 e. The van der Waals surface area contributed by atoms with Crippen LogP contribution in [-0.2, 0) is 12.0 Å². The Labute approximate surface area is 202 Å². The molecule has 2 aromatic carbocycles. The van der Waals surface area contributed by atoms with Crippen LogP contribution in [0.3, 0.4) is 0 Å². The molecule has 1 aliphatic carbocycles. The summed E-state index contributed by atoms with van der Waals surface area (Å²) in [4.78, 5) is 2.69. The van der Waals surface area contributed by atoms with Gasteiger partial charge in [-0.2, -0.15) is 0 Å². The van der Waals surface area contributed by atoms with Crippen molar-refractivity contribution in [1.29, 1.82) is 0 Å². The molecule has 3 rings (SSSR count). The molecule has 0 radical (unpaired) electrons. The number of hydrogen-bond acceptors (Lipinski definition) is 2. The number of allylic oxidation sites excluding steroid dienone is 1. The van der Waals surface area contributed by atoms with Gasteiger partial charge in [-0.3, -0.25) is 4.90 Å². The Hall–Kier alpha value is -1.61. The third kappa shape index (κ3) is 7.20. The lowest BCUT2D eigenvalue weighted by atomic mass is 9.69. The second kappa shape index (κ2) is 13.8. The third-order valence-corrected chi connectivity index (χ3v) is 7.13. The number of rotatable bonds is 8. The van der Waals surface area contributed by atoms with E-state index in [-0.39, 0.29) is 5.54 Å². The quantitative estimate of drug-likeness (QED) is 0.416. The highest BCUT2D eigenvalue weighted by molar-refractivity contribution is 6.30. The minimum absolute atomic E-state index is 0.118. The van der Waals surface area contributed by atoms with Crippen LogP contribution in [0, 0.1) is 5.92 Å². The molecule has 1 aliphatic rings. The number of hydrogen-bond donors (Lipinski definition) is 1. The highest BCUT2D eigenvalue weighted by Gasteiger charge is 2.43. The highest BCUT2D eigenvalue weighted by Crippen LogP contribution is 2.45. The van der Waals surface area contributed by atoms with Crippen LogP contribution in [0.15, 0.2) is 66.7 Å². The van der Waals surface area contributed by atoms with Crippen molar-refractivity contribution in [3.8, 4) is 0 Å². The summed E-state index contributed by atoms with van der Waals surface area (Å²) >= 11 is 6.16. The van der Waals surface area contributed by atoms with Gasteiger partial charge in [-0.05, 0) is 81.8 Å². The van der Waals surface area contributed by atoms with Crippen LogP contribution >= 0.6 is 11.6 Å². The van der Waals surface area contributed by atoms with Crippen molar-refractivity contribution in [3.05, 3.63) is 82.9 Å². The molecule has 0 aromatic heterocycles. The molecule has 1 saturated carbocycles. The molecule has 0 amide bonds. The molecule has 3 unspecified atom stereocenters. The first-order chi connectivity index (χ1) is 15.5. The smallest absolute Gasteiger partial charge is 0.0467 e. The molecule has 2 nitrogen and oxygen atoms in total. The van der Waals surface area contributed by atoms with E-state index in [1.54, 1.807) is 0 Å². The SMILES string of the molecule is CC=CCN(CCC)C1(c2ccc(Cl)cc2)CCC(NC)C(C)C1.CCc1ccccc1. The van der Waals surface area contributed by atoms with Crippen LogP contribution in [0.5, 0.6) is 0 Å².